The molecule has 1 rings (SSSR count). The van der Waals surface area contributed by atoms with Crippen molar-refractivity contribution in [3.63, 3.8) is 0 Å². The number of amides is 1. The van der Waals surface area contributed by atoms with E-state index in [0.717, 1.165) is 0 Å². The van der Waals surface area contributed by atoms with Crippen LogP contribution in [0, 0.1) is 5.82 Å². The molecule has 0 aromatic heterocycles. The summed E-state index contributed by atoms with van der Waals surface area (Å²) in [6.07, 6.45) is -7.85. The number of nitrogens with one attached hydrogen (secondary N) is 3. The summed E-state index contributed by atoms with van der Waals surface area (Å²) in [6, 6.07) is 6.01. The fourth-order valence-electron chi connectivity index (χ4n) is 2.04. The summed E-state index contributed by atoms with van der Waals surface area (Å²) in [7, 11) is 1.61. The van der Waals surface area contributed by atoms with E-state index in [9.17, 15) is 22.4 Å². The molecule has 0 aliphatic rings. The minimum Gasteiger partial charge on any atom is -0.382 e. The van der Waals surface area contributed by atoms with Crippen molar-refractivity contribution in [2.45, 2.75) is 31.9 Å². The fraction of sp³-hybridized carbons (Fsp3) is 0.533. The van der Waals surface area contributed by atoms with Gasteiger partial charge in [0.1, 0.15) is 5.82 Å². The van der Waals surface area contributed by atoms with Gasteiger partial charge in [-0.15, -0.1) is 0 Å². The van der Waals surface area contributed by atoms with Crippen LogP contribution in [0.25, 0.3) is 0 Å². The van der Waals surface area contributed by atoms with Gasteiger partial charge in [0.2, 0.25) is 5.91 Å². The van der Waals surface area contributed by atoms with Crippen LogP contribution in [-0.4, -0.2) is 54.5 Å². The lowest BCUT2D eigenvalue weighted by molar-refractivity contribution is -0.201. The van der Waals surface area contributed by atoms with Gasteiger partial charge < -0.3 is 10.4 Å². The molecule has 10 heteroatoms. The Morgan fingerprint density at radius 3 is 2.52 bits per heavy atom. The summed E-state index contributed by atoms with van der Waals surface area (Å²) < 4.78 is 50.6. The number of alkyl halides is 3. The zero-order valence-electron chi connectivity index (χ0n) is 13.9. The fourth-order valence-corrected chi connectivity index (χ4v) is 2.04. The van der Waals surface area contributed by atoms with Gasteiger partial charge in [-0.2, -0.15) is 13.2 Å². The summed E-state index contributed by atoms with van der Waals surface area (Å²) in [4.78, 5) is 13.4. The Labute approximate surface area is 143 Å². The molecular formula is C15H22F4N4O2. The average Bonchev–Trinajstić information content (AvgIpc) is 2.53. The van der Waals surface area contributed by atoms with Crippen molar-refractivity contribution < 1.29 is 27.5 Å². The maximum Gasteiger partial charge on any atom is 0.416 e. The van der Waals surface area contributed by atoms with Crippen LogP contribution in [0.5, 0.6) is 0 Å². The average molecular weight is 366 g/mol. The van der Waals surface area contributed by atoms with Crippen molar-refractivity contribution >= 4 is 5.91 Å². The van der Waals surface area contributed by atoms with Crippen LogP contribution in [0.2, 0.25) is 0 Å². The predicted octanol–water partition coefficient (Wildman–Crippen LogP) is 0.737. The van der Waals surface area contributed by atoms with Crippen molar-refractivity contribution in [2.75, 3.05) is 20.1 Å². The van der Waals surface area contributed by atoms with E-state index < -0.39 is 36.7 Å². The lowest BCUT2D eigenvalue weighted by Gasteiger charge is -2.29. The molecule has 1 aromatic rings. The van der Waals surface area contributed by atoms with Crippen LogP contribution < -0.4 is 16.2 Å². The van der Waals surface area contributed by atoms with Crippen LogP contribution in [-0.2, 0) is 11.3 Å². The van der Waals surface area contributed by atoms with Crippen LogP contribution in [0.1, 0.15) is 12.5 Å². The van der Waals surface area contributed by atoms with E-state index in [1.165, 1.54) is 17.0 Å². The molecule has 0 spiro atoms. The highest BCUT2D eigenvalue weighted by molar-refractivity contribution is 5.78. The Morgan fingerprint density at radius 2 is 1.96 bits per heavy atom. The molecule has 4 N–H and O–H groups in total. The number of hydrogen-bond donors (Lipinski definition) is 4. The summed E-state index contributed by atoms with van der Waals surface area (Å²) in [6.45, 7) is 0.547. The summed E-state index contributed by atoms with van der Waals surface area (Å²) in [5.74, 6) is -1.17. The minimum absolute atomic E-state index is 0.0672. The molecule has 142 valence electrons. The third-order valence-electron chi connectivity index (χ3n) is 3.45. The molecule has 25 heavy (non-hydrogen) atoms. The first-order valence-corrected chi connectivity index (χ1v) is 7.56. The van der Waals surface area contributed by atoms with Crippen molar-refractivity contribution in [2.24, 2.45) is 0 Å². The SMILES string of the molecule is CNNC(C)N(CC(=O)NCC(O)C(F)(F)F)Cc1ccccc1F. The van der Waals surface area contributed by atoms with Crippen molar-refractivity contribution in [3.05, 3.63) is 35.6 Å². The van der Waals surface area contributed by atoms with E-state index >= 15 is 0 Å². The van der Waals surface area contributed by atoms with E-state index in [-0.39, 0.29) is 13.1 Å². The van der Waals surface area contributed by atoms with Gasteiger partial charge in [-0.1, -0.05) is 18.2 Å². The second kappa shape index (κ2) is 9.66. The Kier molecular flexibility index (Phi) is 8.23. The molecule has 0 radical (unpaired) electrons. The third-order valence-corrected chi connectivity index (χ3v) is 3.45. The van der Waals surface area contributed by atoms with Crippen molar-refractivity contribution in [1.29, 1.82) is 0 Å². The van der Waals surface area contributed by atoms with Crippen LogP contribution in [0.4, 0.5) is 17.6 Å². The van der Waals surface area contributed by atoms with Crippen LogP contribution >= 0.6 is 0 Å². The van der Waals surface area contributed by atoms with E-state index in [1.807, 2.05) is 5.32 Å². The molecule has 0 fully saturated rings. The predicted molar refractivity (Wildman–Crippen MR) is 83.5 cm³/mol. The number of benzene rings is 1. The lowest BCUT2D eigenvalue weighted by atomic mass is 10.2. The number of halogens is 4. The van der Waals surface area contributed by atoms with Gasteiger partial charge in [-0.3, -0.25) is 15.1 Å². The molecular weight excluding hydrogens is 344 g/mol. The highest BCUT2D eigenvalue weighted by Gasteiger charge is 2.38. The van der Waals surface area contributed by atoms with Crippen LogP contribution in [0.3, 0.4) is 0 Å². The summed E-state index contributed by atoms with van der Waals surface area (Å²) in [5, 5.41) is 10.9. The Hall–Kier alpha value is -1.75. The van der Waals surface area contributed by atoms with Gasteiger partial charge in [-0.25, -0.2) is 9.82 Å². The lowest BCUT2D eigenvalue weighted by Crippen LogP contribution is -2.52. The maximum absolute atomic E-state index is 13.8. The number of carbonyl (C=O) groups is 1. The number of hydrazine groups is 1. The molecule has 2 atom stereocenters. The van der Waals surface area contributed by atoms with Gasteiger partial charge in [0.15, 0.2) is 6.10 Å². The smallest absolute Gasteiger partial charge is 0.382 e. The molecule has 0 aliphatic carbocycles. The third kappa shape index (κ3) is 7.34. The molecule has 2 unspecified atom stereocenters. The first-order valence-electron chi connectivity index (χ1n) is 7.56. The molecule has 0 heterocycles. The summed E-state index contributed by atoms with van der Waals surface area (Å²) >= 11 is 0. The molecule has 1 aromatic carbocycles. The number of hydrogen-bond acceptors (Lipinski definition) is 5. The normalized spacial score (nSPS) is 14.4. The number of nitrogens with zero attached hydrogens (tertiary/aromatic N) is 1. The molecule has 0 aliphatic heterocycles. The van der Waals surface area contributed by atoms with E-state index in [0.29, 0.717) is 5.56 Å². The number of aliphatic hydroxyl groups is 1. The van der Waals surface area contributed by atoms with Gasteiger partial charge in [0.25, 0.3) is 0 Å². The zero-order valence-corrected chi connectivity index (χ0v) is 13.9. The standard InChI is InChI=1S/C15H22F4N4O2/c1-10(22-20-2)23(8-11-5-3-4-6-12(11)16)9-14(25)21-7-13(24)15(17,18)19/h3-6,10,13,20,22,24H,7-9H2,1-2H3,(H,21,25). The largest absolute Gasteiger partial charge is 0.416 e. The monoisotopic (exact) mass is 366 g/mol. The minimum atomic E-state index is -4.80. The first kappa shape index (κ1) is 21.3. The van der Waals surface area contributed by atoms with Gasteiger partial charge >= 0.3 is 6.18 Å². The highest BCUT2D eigenvalue weighted by Crippen LogP contribution is 2.19. The van der Waals surface area contributed by atoms with Gasteiger partial charge in [0.05, 0.1) is 19.3 Å². The number of carbonyl (C=O) groups excluding carboxylic acids is 1. The molecule has 0 bridgehead atoms. The van der Waals surface area contributed by atoms with E-state index in [1.54, 1.807) is 26.1 Å². The summed E-state index contributed by atoms with van der Waals surface area (Å²) in [5.41, 5.74) is 5.85. The number of aliphatic hydroxyl groups excluding tert-OH is 1. The Balaban J connectivity index is 2.70. The maximum atomic E-state index is 13.8. The van der Waals surface area contributed by atoms with Crippen molar-refractivity contribution in [3.8, 4) is 0 Å². The van der Waals surface area contributed by atoms with Gasteiger partial charge in [-0.05, 0) is 20.0 Å². The van der Waals surface area contributed by atoms with E-state index in [4.69, 9.17) is 5.11 Å². The Morgan fingerprint density at radius 1 is 1.32 bits per heavy atom. The van der Waals surface area contributed by atoms with E-state index in [2.05, 4.69) is 10.9 Å². The Bertz CT molecular complexity index is 557. The van der Waals surface area contributed by atoms with Gasteiger partial charge in [0, 0.05) is 12.1 Å². The zero-order chi connectivity index (χ0) is 19.0. The molecule has 1 amide bonds. The topological polar surface area (TPSA) is 76.6 Å². The molecule has 0 saturated heterocycles. The second-order valence-corrected chi connectivity index (χ2v) is 5.43. The quantitative estimate of drug-likeness (QED) is 0.295. The second-order valence-electron chi connectivity index (χ2n) is 5.43. The molecule has 0 saturated carbocycles. The van der Waals surface area contributed by atoms with Crippen molar-refractivity contribution in [1.82, 2.24) is 21.1 Å². The van der Waals surface area contributed by atoms with Crippen LogP contribution in [0.15, 0.2) is 24.3 Å². The first-order chi connectivity index (χ1) is 11.6. The highest BCUT2D eigenvalue weighted by atomic mass is 19.4. The number of rotatable bonds is 9. The molecule has 6 nitrogen and oxygen atoms in total.